The molecule has 0 saturated carbocycles. The SMILES string of the molecule is CC(C)c1cc(-c2nnc(C(=O)NCC(F)(F)F)n2-c2ccc(N3CCN(CCn4nc(C(N)=O)[n+](-c5ccc(CN6CCN(C)C(n7nc(-c8cc(O)cc(O)c8)n(-c8ccc9c(ccn9C)c8)c7=O)C6)cc5)c4-c4cc(C(C)C)c(O)cc4O)C(F)C3)cc2)c(O)cc1O. The lowest BCUT2D eigenvalue weighted by Gasteiger charge is -2.38. The van der Waals surface area contributed by atoms with Crippen molar-refractivity contribution in [1.82, 2.24) is 63.5 Å². The number of carbonyl (C=O) groups is 2. The van der Waals surface area contributed by atoms with Crippen LogP contribution in [0.4, 0.5) is 23.2 Å². The van der Waals surface area contributed by atoms with Gasteiger partial charge in [-0.05, 0) is 121 Å². The number of alkyl halides is 4. The van der Waals surface area contributed by atoms with Gasteiger partial charge < -0.3 is 51.2 Å². The molecule has 2 saturated heterocycles. The van der Waals surface area contributed by atoms with E-state index in [0.717, 1.165) is 22.5 Å². The van der Waals surface area contributed by atoms with E-state index in [9.17, 15) is 58.2 Å². The van der Waals surface area contributed by atoms with Gasteiger partial charge in [-0.1, -0.05) is 39.8 Å². The first-order chi connectivity index (χ1) is 45.7. The summed E-state index contributed by atoms with van der Waals surface area (Å²) in [7, 11) is 3.84. The van der Waals surface area contributed by atoms with Crippen LogP contribution >= 0.6 is 0 Å². The van der Waals surface area contributed by atoms with Gasteiger partial charge in [0.25, 0.3) is 11.7 Å². The van der Waals surface area contributed by atoms with E-state index in [1.54, 1.807) is 66.1 Å². The second-order valence-corrected chi connectivity index (χ2v) is 24.8. The van der Waals surface area contributed by atoms with E-state index in [-0.39, 0.29) is 107 Å². The number of halogens is 4. The van der Waals surface area contributed by atoms with Gasteiger partial charge in [0.2, 0.25) is 5.82 Å². The second-order valence-electron chi connectivity index (χ2n) is 24.8. The summed E-state index contributed by atoms with van der Waals surface area (Å²) in [5.74, 6) is -4.50. The number of primary amides is 1. The summed E-state index contributed by atoms with van der Waals surface area (Å²) in [5.41, 5.74) is 10.7. The number of benzene rings is 6. The number of phenolic OH excluding ortho intramolecular Hbond substituents is 6. The van der Waals surface area contributed by atoms with Crippen LogP contribution in [0.15, 0.2) is 126 Å². The number of anilines is 1. The number of rotatable bonds is 18. The molecule has 2 aliphatic heterocycles. The number of aromatic nitrogens is 10. The number of aromatic hydroxyl groups is 6. The van der Waals surface area contributed by atoms with Crippen molar-refractivity contribution in [2.75, 3.05) is 64.3 Å². The fraction of sp³-hybridized carbons (Fsp3) is 0.313. The highest BCUT2D eigenvalue weighted by Gasteiger charge is 2.38. The van der Waals surface area contributed by atoms with Crippen molar-refractivity contribution in [2.45, 2.75) is 71.3 Å². The van der Waals surface area contributed by atoms with Gasteiger partial charge in [-0.15, -0.1) is 20.0 Å². The number of amides is 2. The number of hydrogen-bond donors (Lipinski definition) is 8. The summed E-state index contributed by atoms with van der Waals surface area (Å²) in [6.45, 7) is 8.05. The van der Waals surface area contributed by atoms with Crippen LogP contribution in [0.2, 0.25) is 0 Å². The molecule has 2 aliphatic rings. The highest BCUT2D eigenvalue weighted by molar-refractivity contribution is 5.92. The number of carbonyl (C=O) groups excluding carboxylic acids is 2. The number of nitrogens with one attached hydrogen (secondary N) is 1. The number of aryl methyl sites for hydroxylation is 1. The lowest BCUT2D eigenvalue weighted by atomic mass is 9.98. The minimum absolute atomic E-state index is 0.0194. The average Bonchev–Trinajstić information content (AvgIpc) is 1.59. The number of likely N-dealkylation sites (N-methyl/N-ethyl adjacent to an activating group) is 1. The molecule has 0 radical (unpaired) electrons. The predicted octanol–water partition coefficient (Wildman–Crippen LogP) is 7.52. The Morgan fingerprint density at radius 3 is 1.98 bits per heavy atom. The number of phenols is 6. The topological polar surface area (TPSA) is 304 Å². The van der Waals surface area contributed by atoms with Gasteiger partial charge in [0.1, 0.15) is 59.4 Å². The van der Waals surface area contributed by atoms with Gasteiger partial charge in [-0.2, -0.15) is 22.4 Å². The lowest BCUT2D eigenvalue weighted by molar-refractivity contribution is -0.587. The quantitative estimate of drug-likeness (QED) is 0.0234. The summed E-state index contributed by atoms with van der Waals surface area (Å²) < 4.78 is 65.5. The first-order valence-corrected chi connectivity index (χ1v) is 31.0. The van der Waals surface area contributed by atoms with E-state index in [2.05, 4.69) is 15.1 Å². The van der Waals surface area contributed by atoms with Crippen molar-refractivity contribution in [3.63, 3.8) is 0 Å². The maximum Gasteiger partial charge on any atom is 0.405 e. The third-order valence-corrected chi connectivity index (χ3v) is 17.6. The minimum atomic E-state index is -4.74. The normalized spacial score (nSPS) is 16.0. The van der Waals surface area contributed by atoms with Crippen LogP contribution in [0, 0.1) is 0 Å². The van der Waals surface area contributed by atoms with Crippen molar-refractivity contribution in [1.29, 1.82) is 0 Å². The van der Waals surface area contributed by atoms with Gasteiger partial charge >= 0.3 is 23.6 Å². The number of nitrogens with zero attached hydrogens (tertiary/aromatic N) is 14. The zero-order valence-corrected chi connectivity index (χ0v) is 53.2. The molecule has 2 atom stereocenters. The molecule has 2 fully saturated rings. The monoisotopic (exact) mass is 1320 g/mol. The van der Waals surface area contributed by atoms with E-state index in [4.69, 9.17) is 15.9 Å². The zero-order valence-electron chi connectivity index (χ0n) is 53.2. The van der Waals surface area contributed by atoms with Crippen LogP contribution in [0.1, 0.15) is 83.6 Å². The van der Waals surface area contributed by atoms with Crippen LogP contribution in [0.25, 0.3) is 62.1 Å². The number of nitrogens with two attached hydrogens (primary N) is 1. The molecular weight excluding hydrogens is 1250 g/mol. The Balaban J connectivity index is 0.794. The first kappa shape index (κ1) is 65.3. The molecule has 96 heavy (non-hydrogen) atoms. The smallest absolute Gasteiger partial charge is 0.405 e. The Bertz CT molecular complexity index is 4650. The molecule has 25 nitrogen and oxygen atoms in total. The van der Waals surface area contributed by atoms with Crippen LogP contribution in [0.5, 0.6) is 34.5 Å². The molecule has 500 valence electrons. The van der Waals surface area contributed by atoms with Crippen molar-refractivity contribution >= 4 is 28.4 Å². The first-order valence-electron chi connectivity index (χ1n) is 31.0. The van der Waals surface area contributed by atoms with Crippen LogP contribution < -0.4 is 26.2 Å². The minimum Gasteiger partial charge on any atom is -0.508 e. The van der Waals surface area contributed by atoms with E-state index >= 15 is 4.39 Å². The maximum absolute atomic E-state index is 16.7. The van der Waals surface area contributed by atoms with Crippen molar-refractivity contribution < 1.29 is 62.4 Å². The fourth-order valence-electron chi connectivity index (χ4n) is 12.6. The van der Waals surface area contributed by atoms with Gasteiger partial charge in [0, 0.05) is 105 Å². The zero-order chi connectivity index (χ0) is 68.3. The van der Waals surface area contributed by atoms with Gasteiger partial charge in [-0.3, -0.25) is 28.9 Å². The van der Waals surface area contributed by atoms with Crippen LogP contribution in [-0.4, -0.2) is 172 Å². The van der Waals surface area contributed by atoms with E-state index in [0.29, 0.717) is 66.5 Å². The predicted molar refractivity (Wildman–Crippen MR) is 346 cm³/mol. The molecule has 2 unspecified atom stereocenters. The van der Waals surface area contributed by atoms with Crippen molar-refractivity contribution in [2.24, 2.45) is 12.8 Å². The molecule has 29 heteroatoms. The Morgan fingerprint density at radius 2 is 1.33 bits per heavy atom. The molecule has 6 heterocycles. The van der Waals surface area contributed by atoms with Crippen LogP contribution in [-0.2, 0) is 20.1 Å². The highest BCUT2D eigenvalue weighted by Crippen LogP contribution is 2.41. The molecule has 9 N–H and O–H groups in total. The maximum atomic E-state index is 16.7. The summed E-state index contributed by atoms with van der Waals surface area (Å²) in [4.78, 5) is 49.2. The average molecular weight is 1320 g/mol. The van der Waals surface area contributed by atoms with E-state index < -0.39 is 54.3 Å². The third-order valence-electron chi connectivity index (χ3n) is 17.6. The molecule has 4 aromatic heterocycles. The lowest BCUT2D eigenvalue weighted by Crippen LogP contribution is -2.52. The standard InChI is InChI=1S/C67H70F4N16O9/c1-37(2)48-29-50(55(92)31-53(48)90)61-74-75-63(64(95)73-36-67(69,70)71)84(61)43-13-11-42(12-14-43)82-22-21-81(57(68)34-82)23-24-83-65(51-30-49(38(3)4)54(91)32-56(51)93)85(62(76-83)59(72)94)44-9-7-39(8-10-44)33-80-20-19-79(6)58(35-80)87-66(96)86(45-15-16-52-40(25-45)17-18-78(52)5)60(77-87)41-26-46(88)28-47(89)27-41/h7-18,25-32,37-38,57-58H,19-24,33-36H2,1-6H3,(H8,72,73,74,88,89,90,91,92,93,94,95)/p+1. The van der Waals surface area contributed by atoms with E-state index in [1.807, 2.05) is 85.3 Å². The molecule has 6 aromatic carbocycles. The third kappa shape index (κ3) is 12.9. The molecule has 2 amide bonds. The summed E-state index contributed by atoms with van der Waals surface area (Å²) in [6, 6.07) is 30.7. The largest absolute Gasteiger partial charge is 0.508 e. The molecule has 10 aromatic rings. The van der Waals surface area contributed by atoms with Gasteiger partial charge in [0.15, 0.2) is 17.9 Å². The summed E-state index contributed by atoms with van der Waals surface area (Å²) in [6.07, 6.45) is -4.94. The number of hydrogen-bond acceptors (Lipinski definition) is 17. The molecule has 0 spiro atoms. The molecule has 0 bridgehead atoms. The molecular formula is C67H71F4N16O9+. The van der Waals surface area contributed by atoms with Gasteiger partial charge in [0.05, 0.1) is 28.5 Å². The fourth-order valence-corrected chi connectivity index (χ4v) is 12.6. The summed E-state index contributed by atoms with van der Waals surface area (Å²) >= 11 is 0. The molecule has 0 aliphatic carbocycles. The second kappa shape index (κ2) is 25.8. The van der Waals surface area contributed by atoms with Crippen LogP contribution in [0.3, 0.4) is 0 Å². The van der Waals surface area contributed by atoms with E-state index in [1.165, 1.54) is 53.4 Å². The summed E-state index contributed by atoms with van der Waals surface area (Å²) in [5, 5.41) is 85.7. The number of fused-ring (bicyclic) bond motifs is 1. The Morgan fingerprint density at radius 1 is 0.688 bits per heavy atom. The van der Waals surface area contributed by atoms with Gasteiger partial charge in [-0.25, -0.2) is 13.8 Å². The Hall–Kier alpha value is -10.8. The van der Waals surface area contributed by atoms with Crippen molar-refractivity contribution in [3.8, 4) is 85.7 Å². The molecule has 12 rings (SSSR count). The Kier molecular flexibility index (Phi) is 17.6. The Labute approximate surface area is 546 Å². The highest BCUT2D eigenvalue weighted by atomic mass is 19.4. The van der Waals surface area contributed by atoms with Crippen molar-refractivity contribution in [3.05, 3.63) is 160 Å². The number of piperazine rings is 2.